The van der Waals surface area contributed by atoms with E-state index < -0.39 is 5.82 Å². The van der Waals surface area contributed by atoms with Crippen molar-refractivity contribution in [3.8, 4) is 11.6 Å². The van der Waals surface area contributed by atoms with Gasteiger partial charge in [0.1, 0.15) is 12.1 Å². The second-order valence-electron chi connectivity index (χ2n) is 9.20. The number of pyridine rings is 1. The standard InChI is InChI=1S/C24H21Cl2FN6O2/c1-34-18-4-3-17(26)15(20(18)27)7-29-21-16-8-33(32-22(16)31-13-30-21)11-23-9-24(23,10-23)12-35-19-5-2-14(25)6-28-19/h2-6,8,13H,7,9-12H2,1H3,(H,29,30,31,32). The summed E-state index contributed by atoms with van der Waals surface area (Å²) in [6, 6.07) is 6.66. The lowest BCUT2D eigenvalue weighted by Crippen LogP contribution is -2.06. The predicted molar refractivity (Wildman–Crippen MR) is 129 cm³/mol. The molecule has 0 amide bonds. The molecule has 8 nitrogen and oxygen atoms in total. The maximum atomic E-state index is 14.7. The average molecular weight is 515 g/mol. The molecular weight excluding hydrogens is 494 g/mol. The first kappa shape index (κ1) is 22.3. The van der Waals surface area contributed by atoms with E-state index in [2.05, 4.69) is 25.4 Å². The molecule has 1 aromatic carbocycles. The number of halogens is 3. The van der Waals surface area contributed by atoms with Gasteiger partial charge in [0.25, 0.3) is 0 Å². The zero-order chi connectivity index (χ0) is 24.2. The fraction of sp³-hybridized carbons (Fsp3) is 0.333. The Morgan fingerprint density at radius 2 is 1.97 bits per heavy atom. The Hall–Kier alpha value is -3.17. The number of ether oxygens (including phenoxy) is 2. The van der Waals surface area contributed by atoms with E-state index in [-0.39, 0.29) is 23.1 Å². The molecule has 35 heavy (non-hydrogen) atoms. The third kappa shape index (κ3) is 3.92. The zero-order valence-corrected chi connectivity index (χ0v) is 20.3. The molecule has 0 unspecified atom stereocenters. The van der Waals surface area contributed by atoms with Crippen molar-refractivity contribution < 1.29 is 13.9 Å². The van der Waals surface area contributed by atoms with Gasteiger partial charge in [-0.3, -0.25) is 4.68 Å². The minimum Gasteiger partial charge on any atom is -0.494 e. The normalized spacial score (nSPS) is 22.1. The Morgan fingerprint density at radius 1 is 1.11 bits per heavy atom. The second-order valence-corrected chi connectivity index (χ2v) is 10.0. The Balaban J connectivity index is 1.14. The van der Waals surface area contributed by atoms with Gasteiger partial charge in [-0.2, -0.15) is 5.10 Å². The lowest BCUT2D eigenvalue weighted by atomic mass is 10.2. The zero-order valence-electron chi connectivity index (χ0n) is 18.8. The van der Waals surface area contributed by atoms with E-state index in [1.165, 1.54) is 19.5 Å². The fourth-order valence-electron chi connectivity index (χ4n) is 4.83. The monoisotopic (exact) mass is 514 g/mol. The highest BCUT2D eigenvalue weighted by atomic mass is 35.5. The van der Waals surface area contributed by atoms with Crippen molar-refractivity contribution in [1.82, 2.24) is 24.7 Å². The topological polar surface area (TPSA) is 87.0 Å². The van der Waals surface area contributed by atoms with E-state index in [4.69, 9.17) is 32.7 Å². The number of methoxy groups -OCH3 is 1. The molecule has 11 heteroatoms. The van der Waals surface area contributed by atoms with E-state index in [0.29, 0.717) is 39.6 Å². The van der Waals surface area contributed by atoms with E-state index in [1.807, 2.05) is 10.9 Å². The molecule has 2 aliphatic carbocycles. The van der Waals surface area contributed by atoms with Crippen LogP contribution in [-0.4, -0.2) is 38.4 Å². The van der Waals surface area contributed by atoms with Crippen LogP contribution < -0.4 is 14.8 Å². The molecule has 2 fully saturated rings. The number of anilines is 1. The SMILES string of the molecule is COc1ccc(Cl)c(CNc2ncnc3nn(CC45CC4(COc4ccc(Cl)cn4)C5)cc23)c1F. The minimum absolute atomic E-state index is 0.138. The van der Waals surface area contributed by atoms with Crippen LogP contribution in [0.1, 0.15) is 18.4 Å². The summed E-state index contributed by atoms with van der Waals surface area (Å²) in [5, 5.41) is 9.46. The van der Waals surface area contributed by atoms with Crippen molar-refractivity contribution in [2.24, 2.45) is 10.8 Å². The van der Waals surface area contributed by atoms with Crippen molar-refractivity contribution in [2.45, 2.75) is 25.9 Å². The molecule has 2 saturated carbocycles. The van der Waals surface area contributed by atoms with Crippen LogP contribution in [0.15, 0.2) is 43.0 Å². The lowest BCUT2D eigenvalue weighted by Gasteiger charge is -2.11. The third-order valence-electron chi connectivity index (χ3n) is 7.06. The van der Waals surface area contributed by atoms with Gasteiger partial charge in [0.05, 0.1) is 24.1 Å². The van der Waals surface area contributed by atoms with Crippen LogP contribution >= 0.6 is 23.2 Å². The molecule has 0 saturated heterocycles. The number of fused-ring (bicyclic) bond motifs is 2. The van der Waals surface area contributed by atoms with Crippen LogP contribution in [0.3, 0.4) is 0 Å². The summed E-state index contributed by atoms with van der Waals surface area (Å²) in [4.78, 5) is 12.8. The summed E-state index contributed by atoms with van der Waals surface area (Å²) < 4.78 is 27.5. The van der Waals surface area contributed by atoms with Crippen molar-refractivity contribution in [1.29, 1.82) is 0 Å². The molecule has 6 rings (SSSR count). The van der Waals surface area contributed by atoms with Gasteiger partial charge in [0.15, 0.2) is 17.2 Å². The summed E-state index contributed by atoms with van der Waals surface area (Å²) in [6.45, 7) is 1.54. The van der Waals surface area contributed by atoms with Crippen molar-refractivity contribution in [3.05, 3.63) is 64.4 Å². The van der Waals surface area contributed by atoms with Crippen molar-refractivity contribution in [3.63, 3.8) is 0 Å². The van der Waals surface area contributed by atoms with Gasteiger partial charge < -0.3 is 14.8 Å². The number of rotatable bonds is 9. The largest absolute Gasteiger partial charge is 0.494 e. The predicted octanol–water partition coefficient (Wildman–Crippen LogP) is 5.15. The fourth-order valence-corrected chi connectivity index (χ4v) is 5.16. The molecule has 0 bridgehead atoms. The molecule has 0 atom stereocenters. The highest BCUT2D eigenvalue weighted by Crippen LogP contribution is 2.86. The van der Waals surface area contributed by atoms with Gasteiger partial charge in [-0.15, -0.1) is 0 Å². The van der Waals surface area contributed by atoms with Gasteiger partial charge in [-0.25, -0.2) is 19.3 Å². The summed E-state index contributed by atoms with van der Waals surface area (Å²) in [6.07, 6.45) is 7.14. The molecule has 0 aliphatic heterocycles. The van der Waals surface area contributed by atoms with Crippen molar-refractivity contribution >= 4 is 40.1 Å². The average Bonchev–Trinajstić information content (AvgIpc) is 3.56. The highest BCUT2D eigenvalue weighted by molar-refractivity contribution is 6.31. The van der Waals surface area contributed by atoms with E-state index in [9.17, 15) is 4.39 Å². The highest BCUT2D eigenvalue weighted by Gasteiger charge is 2.83. The third-order valence-corrected chi connectivity index (χ3v) is 7.63. The van der Waals surface area contributed by atoms with Gasteiger partial charge in [0, 0.05) is 53.0 Å². The molecule has 180 valence electrons. The molecular formula is C24H21Cl2FN6O2. The maximum Gasteiger partial charge on any atom is 0.213 e. The first-order chi connectivity index (χ1) is 16.9. The van der Waals surface area contributed by atoms with Crippen LogP contribution in [0, 0.1) is 16.6 Å². The molecule has 1 N–H and O–H groups in total. The number of hydrogen-bond acceptors (Lipinski definition) is 7. The van der Waals surface area contributed by atoms with E-state index in [0.717, 1.165) is 24.8 Å². The molecule has 4 aromatic rings. The Bertz CT molecular complexity index is 1420. The first-order valence-electron chi connectivity index (χ1n) is 11.1. The second kappa shape index (κ2) is 8.20. The smallest absolute Gasteiger partial charge is 0.213 e. The van der Waals surface area contributed by atoms with Crippen LogP contribution in [-0.2, 0) is 13.1 Å². The number of nitrogens with one attached hydrogen (secondary N) is 1. The Morgan fingerprint density at radius 3 is 2.74 bits per heavy atom. The number of aromatic nitrogens is 5. The molecule has 2 aliphatic rings. The van der Waals surface area contributed by atoms with Gasteiger partial charge in [0.2, 0.25) is 5.88 Å². The Kier molecular flexibility index (Phi) is 5.23. The number of nitrogens with zero attached hydrogens (tertiary/aromatic N) is 5. The molecule has 0 radical (unpaired) electrons. The minimum atomic E-state index is -0.498. The summed E-state index contributed by atoms with van der Waals surface area (Å²) in [5.41, 5.74) is 1.25. The summed E-state index contributed by atoms with van der Waals surface area (Å²) >= 11 is 12.1. The van der Waals surface area contributed by atoms with Gasteiger partial charge in [-0.1, -0.05) is 23.2 Å². The van der Waals surface area contributed by atoms with E-state index >= 15 is 0 Å². The molecule has 3 aromatic heterocycles. The summed E-state index contributed by atoms with van der Waals surface area (Å²) in [5.74, 6) is 0.786. The van der Waals surface area contributed by atoms with Gasteiger partial charge >= 0.3 is 0 Å². The summed E-state index contributed by atoms with van der Waals surface area (Å²) in [7, 11) is 1.42. The molecule has 3 heterocycles. The lowest BCUT2D eigenvalue weighted by molar-refractivity contribution is 0.259. The van der Waals surface area contributed by atoms with E-state index in [1.54, 1.807) is 24.4 Å². The van der Waals surface area contributed by atoms with Crippen molar-refractivity contribution in [2.75, 3.05) is 19.0 Å². The van der Waals surface area contributed by atoms with Crippen LogP contribution in [0.5, 0.6) is 11.6 Å². The quantitative estimate of drug-likeness (QED) is 0.330. The number of benzene rings is 1. The van der Waals surface area contributed by atoms with Crippen LogP contribution in [0.25, 0.3) is 11.0 Å². The maximum absolute atomic E-state index is 14.7. The van der Waals surface area contributed by atoms with Crippen LogP contribution in [0.4, 0.5) is 10.2 Å². The van der Waals surface area contributed by atoms with Crippen LogP contribution in [0.2, 0.25) is 10.0 Å². The van der Waals surface area contributed by atoms with Gasteiger partial charge in [-0.05, 0) is 31.0 Å². The molecule has 0 spiro atoms. The Labute approximate surface area is 210 Å². The first-order valence-corrected chi connectivity index (χ1v) is 11.8. The number of hydrogen-bond donors (Lipinski definition) is 1.